The first-order valence-electron chi connectivity index (χ1n) is 7.08. The predicted octanol–water partition coefficient (Wildman–Crippen LogP) is -1.89. The van der Waals surface area contributed by atoms with Gasteiger partial charge in [-0.2, -0.15) is 0 Å². The number of carbonyl (C=O) groups is 1. The third-order valence-corrected chi connectivity index (χ3v) is 9.55. The quantitative estimate of drug-likeness (QED) is 0.230. The van der Waals surface area contributed by atoms with Crippen molar-refractivity contribution in [1.29, 1.82) is 0 Å². The molecule has 0 bridgehead atoms. The van der Waals surface area contributed by atoms with Crippen LogP contribution < -0.4 is 5.73 Å². The number of fused-ring (bicyclic) bond motifs is 1. The number of hydrogen-bond donors (Lipinski definition) is 6. The summed E-state index contributed by atoms with van der Waals surface area (Å²) >= 11 is 0. The molecule has 0 aromatic carbocycles. The molecule has 1 aliphatic heterocycles. The zero-order valence-corrected chi connectivity index (χ0v) is 14.3. The molecule has 1 aliphatic carbocycles. The van der Waals surface area contributed by atoms with Gasteiger partial charge in [-0.15, -0.1) is 0 Å². The van der Waals surface area contributed by atoms with Crippen molar-refractivity contribution in [3.8, 4) is 0 Å². The van der Waals surface area contributed by atoms with Crippen molar-refractivity contribution in [2.24, 2.45) is 5.73 Å². The molecule has 13 heteroatoms. The van der Waals surface area contributed by atoms with Gasteiger partial charge in [-0.1, -0.05) is 0 Å². The first kappa shape index (κ1) is 18.2. The second kappa shape index (κ2) is 5.72. The van der Waals surface area contributed by atoms with Gasteiger partial charge >= 0.3 is 137 Å². The molecule has 24 heavy (non-hydrogen) atoms. The number of imidazole rings is 1. The summed E-state index contributed by atoms with van der Waals surface area (Å²) in [5.74, 6) is -0.535. The van der Waals surface area contributed by atoms with Crippen molar-refractivity contribution in [3.05, 3.63) is 18.7 Å². The number of ketones is 1. The molecule has 136 valence electrons. The fourth-order valence-electron chi connectivity index (χ4n) is 3.02. The molecule has 3 unspecified atom stereocenters. The van der Waals surface area contributed by atoms with E-state index in [1.165, 1.54) is 23.3 Å². The van der Waals surface area contributed by atoms with Gasteiger partial charge in [0.25, 0.3) is 0 Å². The Bertz CT molecular complexity index is 628. The first-order chi connectivity index (χ1) is 11.1. The molecule has 1 aromatic rings. The summed E-state index contributed by atoms with van der Waals surface area (Å²) in [7, 11) is -8.11. The molecule has 1 aromatic heterocycles. The molecule has 2 heterocycles. The van der Waals surface area contributed by atoms with E-state index in [1.54, 1.807) is 0 Å². The fourth-order valence-corrected chi connectivity index (χ4v) is 7.03. The minimum absolute atomic E-state index is 0.137. The van der Waals surface area contributed by atoms with E-state index in [2.05, 4.69) is 4.98 Å². The Morgan fingerprint density at radius 2 is 2.12 bits per heavy atom. The first-order valence-corrected chi connectivity index (χ1v) is 10.2. The SMILES string of the molecule is NCC(=O)C12CCC1([P@@](O)C(O)(Cn1ccnc1)[PH](O)(O)O)OO2. The maximum atomic E-state index is 12.1. The van der Waals surface area contributed by atoms with E-state index >= 15 is 0 Å². The fraction of sp³-hybridized carbons (Fsp3) is 0.636. The topological polar surface area (TPSA) is 181 Å². The van der Waals surface area contributed by atoms with Gasteiger partial charge in [0.1, 0.15) is 0 Å². The number of hydrogen-bond acceptors (Lipinski definition) is 10. The second-order valence-corrected chi connectivity index (χ2v) is 10.5. The van der Waals surface area contributed by atoms with Crippen LogP contribution in [0.5, 0.6) is 0 Å². The zero-order valence-electron chi connectivity index (χ0n) is 12.4. The van der Waals surface area contributed by atoms with Crippen molar-refractivity contribution in [1.82, 2.24) is 9.55 Å². The minimum atomic E-state index is -5.29. The Kier molecular flexibility index (Phi) is 4.34. The van der Waals surface area contributed by atoms with Crippen LogP contribution in [0, 0.1) is 0 Å². The van der Waals surface area contributed by atoms with Gasteiger partial charge in [-0.25, -0.2) is 0 Å². The Labute approximate surface area is 138 Å². The third-order valence-electron chi connectivity index (χ3n) is 4.60. The van der Waals surface area contributed by atoms with E-state index in [4.69, 9.17) is 15.5 Å². The molecule has 2 aliphatic rings. The van der Waals surface area contributed by atoms with E-state index in [-0.39, 0.29) is 19.4 Å². The number of Topliss-reactive ketones (excluding diaryl/α,β-unsaturated/α-hetero) is 1. The summed E-state index contributed by atoms with van der Waals surface area (Å²) in [6.07, 6.45) is 4.40. The van der Waals surface area contributed by atoms with E-state index in [0.717, 1.165) is 0 Å². The second-order valence-electron chi connectivity index (χ2n) is 5.90. The van der Waals surface area contributed by atoms with Gasteiger partial charge in [0, 0.05) is 0 Å². The number of carbonyl (C=O) groups excluding carboxylic acids is 1. The average molecular weight is 383 g/mol. The van der Waals surface area contributed by atoms with Crippen LogP contribution in [0.4, 0.5) is 0 Å². The van der Waals surface area contributed by atoms with Crippen LogP contribution in [0.2, 0.25) is 0 Å². The molecule has 7 N–H and O–H groups in total. The number of nitrogens with zero attached hydrogens (tertiary/aromatic N) is 2. The molecule has 11 nitrogen and oxygen atoms in total. The molecule has 3 rings (SSSR count). The van der Waals surface area contributed by atoms with Crippen LogP contribution in [0.3, 0.4) is 0 Å². The summed E-state index contributed by atoms with van der Waals surface area (Å²) in [6.45, 7) is -0.920. The summed E-state index contributed by atoms with van der Waals surface area (Å²) < 4.78 is 1.26. The van der Waals surface area contributed by atoms with E-state index in [1.807, 2.05) is 0 Å². The standard InChI is InChI=1S/C11H19N3O8P2/c12-5-8(15)9-1-2-10(9,22-21-9)23(17)11(16,24(18,19)20)6-14-4-3-13-7-14/h3-4,7,16-20,24H,1-2,5-6,12H2/t9?,10?,11?,23-/m1/s1. The molecular formula is C11H19N3O8P2. The summed E-state index contributed by atoms with van der Waals surface area (Å²) in [5, 5.41) is 6.43. The van der Waals surface area contributed by atoms with E-state index in [9.17, 15) is 29.5 Å². The molecular weight excluding hydrogens is 364 g/mol. The van der Waals surface area contributed by atoms with Crippen molar-refractivity contribution >= 4 is 21.9 Å². The monoisotopic (exact) mass is 383 g/mol. The predicted molar refractivity (Wildman–Crippen MR) is 82.2 cm³/mol. The molecule has 4 atom stereocenters. The average Bonchev–Trinajstić information content (AvgIpc) is 3.01. The van der Waals surface area contributed by atoms with Crippen molar-refractivity contribution in [2.75, 3.05) is 6.54 Å². The van der Waals surface area contributed by atoms with Gasteiger partial charge in [0.15, 0.2) is 0 Å². The molecule has 0 radical (unpaired) electrons. The zero-order chi connectivity index (χ0) is 17.8. The molecule has 0 amide bonds. The van der Waals surface area contributed by atoms with Gasteiger partial charge < -0.3 is 0 Å². The van der Waals surface area contributed by atoms with Gasteiger partial charge in [-0.3, -0.25) is 0 Å². The van der Waals surface area contributed by atoms with Crippen molar-refractivity contribution < 1.29 is 39.2 Å². The van der Waals surface area contributed by atoms with Gasteiger partial charge in [0.2, 0.25) is 0 Å². The number of nitrogens with two attached hydrogens (primary N) is 1. The maximum absolute atomic E-state index is 12.1. The Hall–Kier alpha value is -0.580. The van der Waals surface area contributed by atoms with Crippen LogP contribution in [-0.2, 0) is 21.1 Å². The van der Waals surface area contributed by atoms with Gasteiger partial charge in [0.05, 0.1) is 0 Å². The number of aromatic nitrogens is 2. The summed E-state index contributed by atoms with van der Waals surface area (Å²) in [4.78, 5) is 65.8. The van der Waals surface area contributed by atoms with Crippen LogP contribution in [-0.4, -0.2) is 62.6 Å². The van der Waals surface area contributed by atoms with Crippen LogP contribution in [0.25, 0.3) is 0 Å². The van der Waals surface area contributed by atoms with E-state index in [0.29, 0.717) is 0 Å². The Morgan fingerprint density at radius 3 is 2.50 bits per heavy atom. The molecule has 1 saturated carbocycles. The molecule has 1 saturated heterocycles. The Morgan fingerprint density at radius 1 is 1.42 bits per heavy atom. The van der Waals surface area contributed by atoms with Crippen molar-refractivity contribution in [2.45, 2.75) is 35.4 Å². The number of rotatable bonds is 7. The van der Waals surface area contributed by atoms with Crippen LogP contribution >= 0.6 is 16.1 Å². The third kappa shape index (κ3) is 2.22. The molecule has 0 spiro atoms. The summed E-state index contributed by atoms with van der Waals surface area (Å²) in [5.41, 5.74) is 3.82. The summed E-state index contributed by atoms with van der Waals surface area (Å²) in [6, 6.07) is 0. The van der Waals surface area contributed by atoms with Crippen LogP contribution in [0.15, 0.2) is 18.7 Å². The normalized spacial score (nSPS) is 33.6. The van der Waals surface area contributed by atoms with E-state index < -0.39 is 44.4 Å². The van der Waals surface area contributed by atoms with Crippen LogP contribution in [0.1, 0.15) is 12.8 Å². The molecule has 2 fully saturated rings. The number of aliphatic hydroxyl groups is 1. The van der Waals surface area contributed by atoms with Gasteiger partial charge in [-0.05, 0) is 0 Å². The van der Waals surface area contributed by atoms with Crippen molar-refractivity contribution in [3.63, 3.8) is 0 Å². The Balaban J connectivity index is 1.96.